The average Bonchev–Trinajstić information content (AvgIpc) is 3.08. The molecule has 0 atom stereocenters. The van der Waals surface area contributed by atoms with Crippen molar-refractivity contribution in [2.75, 3.05) is 11.3 Å². The molecule has 2 aromatic rings. The Morgan fingerprint density at radius 3 is 2.19 bits per heavy atom. The lowest BCUT2D eigenvalue weighted by Crippen LogP contribution is -2.24. The zero-order valence-electron chi connectivity index (χ0n) is 14.5. The van der Waals surface area contributed by atoms with Gasteiger partial charge in [0, 0.05) is 12.2 Å². The normalized spacial score (nSPS) is 14.2. The van der Waals surface area contributed by atoms with Gasteiger partial charge in [0.2, 0.25) is 10.0 Å². The maximum absolute atomic E-state index is 12.6. The van der Waals surface area contributed by atoms with Crippen LogP contribution in [-0.4, -0.2) is 23.4 Å². The van der Waals surface area contributed by atoms with Crippen molar-refractivity contribution in [2.24, 2.45) is 0 Å². The van der Waals surface area contributed by atoms with Crippen LogP contribution in [0.5, 0.6) is 0 Å². The maximum Gasteiger partial charge on any atom is 0.261 e. The Morgan fingerprint density at radius 1 is 0.846 bits per heavy atom. The fourth-order valence-corrected chi connectivity index (χ4v) is 5.19. The lowest BCUT2D eigenvalue weighted by molar-refractivity contribution is 0.581. The van der Waals surface area contributed by atoms with Crippen molar-refractivity contribution in [1.29, 1.82) is 0 Å². The second kappa shape index (κ2) is 7.38. The van der Waals surface area contributed by atoms with Crippen LogP contribution >= 0.6 is 0 Å². The Bertz CT molecular complexity index is 998. The van der Waals surface area contributed by atoms with E-state index in [4.69, 9.17) is 0 Å². The van der Waals surface area contributed by atoms with Crippen molar-refractivity contribution in [2.45, 2.75) is 42.4 Å². The third-order valence-corrected chi connectivity index (χ3v) is 7.20. The van der Waals surface area contributed by atoms with E-state index in [1.165, 1.54) is 29.8 Å². The summed E-state index contributed by atoms with van der Waals surface area (Å²) >= 11 is 0. The molecule has 1 aliphatic carbocycles. The number of nitrogens with one attached hydrogen (secondary N) is 2. The minimum Gasteiger partial charge on any atom is -0.280 e. The summed E-state index contributed by atoms with van der Waals surface area (Å²) in [7, 11) is -7.28. The molecule has 2 N–H and O–H groups in total. The zero-order valence-corrected chi connectivity index (χ0v) is 16.2. The third-order valence-electron chi connectivity index (χ3n) is 4.34. The van der Waals surface area contributed by atoms with Gasteiger partial charge in [-0.25, -0.2) is 21.6 Å². The fraction of sp³-hybridized carbons (Fsp3) is 0.333. The number of aryl methyl sites for hydroxylation is 2. The lowest BCUT2D eigenvalue weighted by atomic mass is 10.1. The monoisotopic (exact) mass is 394 g/mol. The highest BCUT2D eigenvalue weighted by molar-refractivity contribution is 7.92. The van der Waals surface area contributed by atoms with E-state index in [0.29, 0.717) is 18.7 Å². The Balaban J connectivity index is 1.78. The van der Waals surface area contributed by atoms with Crippen LogP contribution in [0.15, 0.2) is 52.3 Å². The molecule has 0 saturated heterocycles. The van der Waals surface area contributed by atoms with Crippen molar-refractivity contribution in [1.82, 2.24) is 4.72 Å². The standard InChI is InChI=1S/C18H22N2O4S2/c1-2-12-19-25(21,22)17-10-7-16(8-11-17)20-26(23,24)18-9-6-14-4-3-5-15(14)13-18/h6-11,13,19-20H,2-5,12H2,1H3. The molecule has 0 unspecified atom stereocenters. The van der Waals surface area contributed by atoms with Gasteiger partial charge in [-0.15, -0.1) is 0 Å². The van der Waals surface area contributed by atoms with Crippen LogP contribution in [0.25, 0.3) is 0 Å². The SMILES string of the molecule is CCCNS(=O)(=O)c1ccc(NS(=O)(=O)c2ccc3c(c2)CCC3)cc1. The van der Waals surface area contributed by atoms with Crippen molar-refractivity contribution in [3.63, 3.8) is 0 Å². The maximum atomic E-state index is 12.6. The van der Waals surface area contributed by atoms with E-state index >= 15 is 0 Å². The van der Waals surface area contributed by atoms with Gasteiger partial charge in [-0.3, -0.25) is 4.72 Å². The number of hydrogen-bond acceptors (Lipinski definition) is 4. The highest BCUT2D eigenvalue weighted by atomic mass is 32.2. The largest absolute Gasteiger partial charge is 0.280 e. The van der Waals surface area contributed by atoms with Crippen LogP contribution in [0, 0.1) is 0 Å². The van der Waals surface area contributed by atoms with Gasteiger partial charge >= 0.3 is 0 Å². The highest BCUT2D eigenvalue weighted by Gasteiger charge is 2.19. The highest BCUT2D eigenvalue weighted by Crippen LogP contribution is 2.26. The molecule has 0 aromatic heterocycles. The van der Waals surface area contributed by atoms with Gasteiger partial charge < -0.3 is 0 Å². The molecular weight excluding hydrogens is 372 g/mol. The second-order valence-corrected chi connectivity index (χ2v) is 9.76. The molecule has 3 rings (SSSR count). The molecule has 1 aliphatic rings. The first-order chi connectivity index (χ1) is 12.3. The summed E-state index contributed by atoms with van der Waals surface area (Å²) in [5.41, 5.74) is 2.61. The minimum atomic E-state index is -3.71. The molecule has 0 fully saturated rings. The molecule has 0 spiro atoms. The molecule has 0 saturated carbocycles. The van der Waals surface area contributed by atoms with Crippen molar-refractivity contribution in [3.05, 3.63) is 53.6 Å². The average molecular weight is 395 g/mol. The molecule has 0 bridgehead atoms. The van der Waals surface area contributed by atoms with Gasteiger partial charge in [0.15, 0.2) is 0 Å². The Labute approximate surface area is 154 Å². The third kappa shape index (κ3) is 4.08. The molecule has 26 heavy (non-hydrogen) atoms. The quantitative estimate of drug-likeness (QED) is 0.755. The Hall–Kier alpha value is -1.90. The Morgan fingerprint density at radius 2 is 1.50 bits per heavy atom. The molecule has 6 nitrogen and oxygen atoms in total. The van der Waals surface area contributed by atoms with Crippen molar-refractivity contribution in [3.8, 4) is 0 Å². The number of anilines is 1. The van der Waals surface area contributed by atoms with Gasteiger partial charge in [-0.1, -0.05) is 13.0 Å². The summed E-state index contributed by atoms with van der Waals surface area (Å²) in [6.07, 6.45) is 3.63. The first kappa shape index (κ1) is 18.9. The topological polar surface area (TPSA) is 92.3 Å². The predicted molar refractivity (Wildman–Crippen MR) is 101 cm³/mol. The molecule has 0 aliphatic heterocycles. The van der Waals surface area contributed by atoms with Crippen molar-refractivity contribution < 1.29 is 16.8 Å². The molecule has 0 heterocycles. The molecule has 2 aromatic carbocycles. The fourth-order valence-electron chi connectivity index (χ4n) is 2.95. The summed E-state index contributed by atoms with van der Waals surface area (Å²) in [5.74, 6) is 0. The molecule has 140 valence electrons. The van der Waals surface area contributed by atoms with Crippen LogP contribution in [0.3, 0.4) is 0 Å². The summed E-state index contributed by atoms with van der Waals surface area (Å²) in [5, 5.41) is 0. The molecular formula is C18H22N2O4S2. The van der Waals surface area contributed by atoms with Crippen LogP contribution in [0.4, 0.5) is 5.69 Å². The van der Waals surface area contributed by atoms with Crippen molar-refractivity contribution >= 4 is 25.7 Å². The summed E-state index contributed by atoms with van der Waals surface area (Å²) in [6, 6.07) is 10.9. The number of sulfonamides is 2. The van der Waals surface area contributed by atoms with Crippen LogP contribution < -0.4 is 9.44 Å². The Kier molecular flexibility index (Phi) is 5.36. The number of rotatable bonds is 7. The number of fused-ring (bicyclic) bond motifs is 1. The first-order valence-electron chi connectivity index (χ1n) is 8.56. The molecule has 8 heteroatoms. The zero-order chi connectivity index (χ0) is 18.8. The molecule has 0 radical (unpaired) electrons. The van der Waals surface area contributed by atoms with Gasteiger partial charge in [-0.05, 0) is 73.2 Å². The van der Waals surface area contributed by atoms with Crippen LogP contribution in [0.1, 0.15) is 30.9 Å². The predicted octanol–water partition coefficient (Wildman–Crippen LogP) is 2.66. The summed E-state index contributed by atoms with van der Waals surface area (Å²) < 4.78 is 54.3. The van der Waals surface area contributed by atoms with E-state index in [1.807, 2.05) is 13.0 Å². The van der Waals surface area contributed by atoms with E-state index in [-0.39, 0.29) is 9.79 Å². The van der Waals surface area contributed by atoms with E-state index in [0.717, 1.165) is 24.8 Å². The van der Waals surface area contributed by atoms with Crippen LogP contribution in [-0.2, 0) is 32.9 Å². The molecule has 0 amide bonds. The second-order valence-electron chi connectivity index (χ2n) is 6.31. The van der Waals surface area contributed by atoms with Gasteiger partial charge in [0.05, 0.1) is 9.79 Å². The van der Waals surface area contributed by atoms with Crippen LogP contribution in [0.2, 0.25) is 0 Å². The van der Waals surface area contributed by atoms with Gasteiger partial charge in [-0.2, -0.15) is 0 Å². The van der Waals surface area contributed by atoms with E-state index < -0.39 is 20.0 Å². The minimum absolute atomic E-state index is 0.103. The van der Waals surface area contributed by atoms with E-state index in [9.17, 15) is 16.8 Å². The lowest BCUT2D eigenvalue weighted by Gasteiger charge is -2.11. The van der Waals surface area contributed by atoms with E-state index in [1.54, 1.807) is 12.1 Å². The number of hydrogen-bond donors (Lipinski definition) is 2. The van der Waals surface area contributed by atoms with Gasteiger partial charge in [0.1, 0.15) is 0 Å². The summed E-state index contributed by atoms with van der Waals surface area (Å²) in [4.78, 5) is 0.325. The smallest absolute Gasteiger partial charge is 0.261 e. The number of benzene rings is 2. The van der Waals surface area contributed by atoms with Gasteiger partial charge in [0.25, 0.3) is 10.0 Å². The van der Waals surface area contributed by atoms with E-state index in [2.05, 4.69) is 9.44 Å². The summed E-state index contributed by atoms with van der Waals surface area (Å²) in [6.45, 7) is 2.23. The first-order valence-corrected chi connectivity index (χ1v) is 11.5.